The van der Waals surface area contributed by atoms with Gasteiger partial charge in [0.25, 0.3) is 0 Å². The number of benzene rings is 1. The molecule has 2 N–H and O–H groups in total. The molecular weight excluding hydrogens is 462 g/mol. The molecule has 1 aromatic carbocycles. The fourth-order valence-corrected chi connectivity index (χ4v) is 5.27. The van der Waals surface area contributed by atoms with Crippen LogP contribution < -0.4 is 15.5 Å². The highest BCUT2D eigenvalue weighted by Crippen LogP contribution is 2.32. The molecule has 0 aliphatic carbocycles. The maximum absolute atomic E-state index is 6.20. The zero-order valence-electron chi connectivity index (χ0n) is 21.5. The van der Waals surface area contributed by atoms with Gasteiger partial charge in [0.2, 0.25) is 5.95 Å². The highest BCUT2D eigenvalue weighted by molar-refractivity contribution is 5.63. The van der Waals surface area contributed by atoms with Crippen LogP contribution in [0.1, 0.15) is 23.6 Å². The topological polar surface area (TPSA) is 92.2 Å². The van der Waals surface area contributed by atoms with Gasteiger partial charge in [-0.15, -0.1) is 0 Å². The van der Waals surface area contributed by atoms with Gasteiger partial charge in [0.05, 0.1) is 12.2 Å². The molecule has 1 unspecified atom stereocenters. The summed E-state index contributed by atoms with van der Waals surface area (Å²) in [6.45, 7) is 7.70. The molecule has 2 aliphatic rings. The number of nitrogens with zero attached hydrogens (tertiary/aromatic N) is 8. The van der Waals surface area contributed by atoms with Crippen LogP contribution in [-0.2, 0) is 19.5 Å². The summed E-state index contributed by atoms with van der Waals surface area (Å²) in [5.74, 6) is 2.15. The lowest BCUT2D eigenvalue weighted by Crippen LogP contribution is -2.45. The summed E-state index contributed by atoms with van der Waals surface area (Å²) < 4.78 is 1.97. The molecule has 5 heterocycles. The van der Waals surface area contributed by atoms with Gasteiger partial charge in [-0.2, -0.15) is 15.1 Å². The monoisotopic (exact) mass is 495 g/mol. The minimum absolute atomic E-state index is 0.313. The van der Waals surface area contributed by atoms with Crippen molar-refractivity contribution >= 4 is 17.6 Å². The van der Waals surface area contributed by atoms with Crippen molar-refractivity contribution in [2.45, 2.75) is 32.5 Å². The molecule has 1 fully saturated rings. The van der Waals surface area contributed by atoms with Crippen LogP contribution in [0.2, 0.25) is 0 Å². The van der Waals surface area contributed by atoms with Crippen LogP contribution in [0.3, 0.4) is 0 Å². The average Bonchev–Trinajstić information content (AvgIpc) is 3.37. The molecule has 37 heavy (non-hydrogen) atoms. The Hall–Kier alpha value is -3.98. The molecule has 0 spiro atoms. The third kappa shape index (κ3) is 4.99. The SMILES string of the molecule is CC1Cc2ccc(-c3ccn(Cc4ccncc4)n3)cc2CN1c1cc(N2CCN(C)CC2)nc(N)n1. The molecule has 6 rings (SSSR count). The molecule has 2 aliphatic heterocycles. The van der Waals surface area contributed by atoms with E-state index >= 15 is 0 Å². The summed E-state index contributed by atoms with van der Waals surface area (Å²) >= 11 is 0. The average molecular weight is 496 g/mol. The molecular formula is C28H33N9. The van der Waals surface area contributed by atoms with Crippen molar-refractivity contribution < 1.29 is 0 Å². The van der Waals surface area contributed by atoms with Crippen LogP contribution in [-0.4, -0.2) is 68.9 Å². The van der Waals surface area contributed by atoms with E-state index in [0.717, 1.165) is 68.6 Å². The Balaban J connectivity index is 1.24. The van der Waals surface area contributed by atoms with E-state index in [2.05, 4.69) is 74.0 Å². The lowest BCUT2D eigenvalue weighted by atomic mass is 9.92. The number of anilines is 3. The Kier molecular flexibility index (Phi) is 6.21. The number of rotatable bonds is 5. The minimum atomic E-state index is 0.313. The van der Waals surface area contributed by atoms with Gasteiger partial charge in [-0.3, -0.25) is 9.67 Å². The third-order valence-corrected chi connectivity index (χ3v) is 7.46. The van der Waals surface area contributed by atoms with Crippen molar-refractivity contribution in [2.75, 3.05) is 48.8 Å². The number of aromatic nitrogens is 5. The summed E-state index contributed by atoms with van der Waals surface area (Å²) in [4.78, 5) is 20.3. The van der Waals surface area contributed by atoms with Gasteiger partial charge < -0.3 is 20.4 Å². The van der Waals surface area contributed by atoms with E-state index in [0.29, 0.717) is 12.0 Å². The largest absolute Gasteiger partial charge is 0.368 e. The first-order valence-electron chi connectivity index (χ1n) is 12.9. The first kappa shape index (κ1) is 23.4. The second-order valence-corrected chi connectivity index (χ2v) is 10.2. The Labute approximate surface area is 217 Å². The van der Waals surface area contributed by atoms with Gasteiger partial charge in [0, 0.05) is 69.0 Å². The van der Waals surface area contributed by atoms with E-state index in [9.17, 15) is 0 Å². The summed E-state index contributed by atoms with van der Waals surface area (Å²) in [6, 6.07) is 15.3. The van der Waals surface area contributed by atoms with Gasteiger partial charge in [-0.1, -0.05) is 12.1 Å². The molecule has 0 bridgehead atoms. The molecule has 9 heteroatoms. The van der Waals surface area contributed by atoms with Gasteiger partial charge in [0.1, 0.15) is 11.6 Å². The normalized spacial score (nSPS) is 18.2. The Morgan fingerprint density at radius 1 is 0.919 bits per heavy atom. The van der Waals surface area contributed by atoms with Crippen molar-refractivity contribution in [1.29, 1.82) is 0 Å². The lowest BCUT2D eigenvalue weighted by molar-refractivity contribution is 0.312. The Morgan fingerprint density at radius 3 is 2.51 bits per heavy atom. The molecule has 0 saturated carbocycles. The fraction of sp³-hybridized carbons (Fsp3) is 0.357. The fourth-order valence-electron chi connectivity index (χ4n) is 5.27. The highest BCUT2D eigenvalue weighted by atomic mass is 15.3. The molecule has 3 aromatic heterocycles. The van der Waals surface area contributed by atoms with E-state index in [-0.39, 0.29) is 0 Å². The van der Waals surface area contributed by atoms with Crippen molar-refractivity contribution in [2.24, 2.45) is 0 Å². The number of nitrogen functional groups attached to an aromatic ring is 1. The van der Waals surface area contributed by atoms with Crippen LogP contribution in [0.4, 0.5) is 17.6 Å². The van der Waals surface area contributed by atoms with Crippen LogP contribution in [0, 0.1) is 0 Å². The van der Waals surface area contributed by atoms with Crippen molar-refractivity contribution in [3.63, 3.8) is 0 Å². The van der Waals surface area contributed by atoms with E-state index < -0.39 is 0 Å². The van der Waals surface area contributed by atoms with Crippen molar-refractivity contribution in [1.82, 2.24) is 29.6 Å². The van der Waals surface area contributed by atoms with E-state index in [1.807, 2.05) is 35.4 Å². The first-order chi connectivity index (χ1) is 18.0. The summed E-state index contributed by atoms with van der Waals surface area (Å²) in [6.07, 6.45) is 6.62. The number of likely N-dealkylation sites (N-methyl/N-ethyl adjacent to an activating group) is 1. The van der Waals surface area contributed by atoms with E-state index in [1.54, 1.807) is 0 Å². The predicted octanol–water partition coefficient (Wildman–Crippen LogP) is 3.07. The van der Waals surface area contributed by atoms with E-state index in [4.69, 9.17) is 10.8 Å². The standard InChI is InChI=1S/C28H33N9/c1-20-15-22-3-4-23(25-7-10-36(33-25)18-21-5-8-30-9-6-21)16-24(22)19-37(20)27-17-26(31-28(29)32-27)35-13-11-34(2)12-14-35/h3-10,16-17,20H,11-15,18-19H2,1-2H3,(H2,29,31,32). The van der Waals surface area contributed by atoms with E-state index in [1.165, 1.54) is 16.7 Å². The Bertz CT molecular complexity index is 1380. The van der Waals surface area contributed by atoms with Crippen LogP contribution in [0.15, 0.2) is 61.1 Å². The third-order valence-electron chi connectivity index (χ3n) is 7.46. The number of pyridine rings is 1. The number of fused-ring (bicyclic) bond motifs is 1. The number of hydrogen-bond donors (Lipinski definition) is 1. The summed E-state index contributed by atoms with van der Waals surface area (Å²) in [7, 11) is 2.16. The van der Waals surface area contributed by atoms with Crippen LogP contribution in [0.25, 0.3) is 11.3 Å². The molecule has 190 valence electrons. The summed E-state index contributed by atoms with van der Waals surface area (Å²) in [5, 5.41) is 4.83. The zero-order chi connectivity index (χ0) is 25.4. The number of hydrogen-bond acceptors (Lipinski definition) is 8. The number of nitrogens with two attached hydrogens (primary N) is 1. The molecule has 1 saturated heterocycles. The van der Waals surface area contributed by atoms with Crippen LogP contribution >= 0.6 is 0 Å². The molecule has 9 nitrogen and oxygen atoms in total. The smallest absolute Gasteiger partial charge is 0.223 e. The quantitative estimate of drug-likeness (QED) is 0.452. The predicted molar refractivity (Wildman–Crippen MR) is 147 cm³/mol. The minimum Gasteiger partial charge on any atom is -0.368 e. The highest BCUT2D eigenvalue weighted by Gasteiger charge is 2.26. The maximum Gasteiger partial charge on any atom is 0.223 e. The molecule has 0 amide bonds. The van der Waals surface area contributed by atoms with Crippen molar-refractivity contribution in [3.05, 3.63) is 77.7 Å². The van der Waals surface area contributed by atoms with Gasteiger partial charge >= 0.3 is 0 Å². The van der Waals surface area contributed by atoms with Crippen molar-refractivity contribution in [3.8, 4) is 11.3 Å². The first-order valence-corrected chi connectivity index (χ1v) is 12.9. The van der Waals surface area contributed by atoms with Gasteiger partial charge in [0.15, 0.2) is 0 Å². The Morgan fingerprint density at radius 2 is 1.70 bits per heavy atom. The second-order valence-electron chi connectivity index (χ2n) is 10.2. The number of piperazine rings is 1. The lowest BCUT2D eigenvalue weighted by Gasteiger charge is -2.37. The maximum atomic E-state index is 6.20. The van der Waals surface area contributed by atoms with Crippen LogP contribution in [0.5, 0.6) is 0 Å². The van der Waals surface area contributed by atoms with Gasteiger partial charge in [-0.05, 0) is 61.3 Å². The zero-order valence-corrected chi connectivity index (χ0v) is 21.5. The molecule has 0 radical (unpaired) electrons. The molecule has 4 aromatic rings. The summed E-state index contributed by atoms with van der Waals surface area (Å²) in [5.41, 5.74) is 12.2. The second kappa shape index (κ2) is 9.82. The molecule has 1 atom stereocenters. The van der Waals surface area contributed by atoms with Gasteiger partial charge in [-0.25, -0.2) is 0 Å².